The largest absolute Gasteiger partial charge is 0.462 e. The van der Waals surface area contributed by atoms with E-state index in [-0.39, 0.29) is 18.1 Å². The van der Waals surface area contributed by atoms with E-state index in [0.717, 1.165) is 25.2 Å². The van der Waals surface area contributed by atoms with E-state index in [4.69, 9.17) is 10.5 Å². The van der Waals surface area contributed by atoms with Crippen molar-refractivity contribution in [1.29, 1.82) is 0 Å². The molecule has 1 aliphatic rings. The quantitative estimate of drug-likeness (QED) is 0.729. The van der Waals surface area contributed by atoms with Crippen molar-refractivity contribution in [3.8, 4) is 0 Å². The lowest BCUT2D eigenvalue weighted by Gasteiger charge is -2.26. The zero-order chi connectivity index (χ0) is 11.3. The van der Waals surface area contributed by atoms with Crippen LogP contribution in [0.2, 0.25) is 0 Å². The van der Waals surface area contributed by atoms with Crippen LogP contribution < -0.4 is 5.73 Å². The molecule has 1 atom stereocenters. The highest BCUT2D eigenvalue weighted by Gasteiger charge is 2.21. The molecule has 0 aliphatic heterocycles. The van der Waals surface area contributed by atoms with E-state index in [0.29, 0.717) is 6.42 Å². The number of hydrogen-bond donors (Lipinski definition) is 1. The third-order valence-corrected chi connectivity index (χ3v) is 3.21. The molecule has 1 unspecified atom stereocenters. The molecule has 15 heavy (non-hydrogen) atoms. The van der Waals surface area contributed by atoms with Gasteiger partial charge in [0.1, 0.15) is 6.10 Å². The minimum absolute atomic E-state index is 0.0417. The number of rotatable bonds is 4. The SMILES string of the molecule is CCC(N)CC(=O)OC1CCC(C)CC1. The highest BCUT2D eigenvalue weighted by atomic mass is 16.5. The summed E-state index contributed by atoms with van der Waals surface area (Å²) in [7, 11) is 0. The molecule has 1 rings (SSSR count). The van der Waals surface area contributed by atoms with Gasteiger partial charge in [-0.05, 0) is 38.0 Å². The van der Waals surface area contributed by atoms with Crippen LogP contribution in [-0.4, -0.2) is 18.1 Å². The predicted molar refractivity (Wildman–Crippen MR) is 60.4 cm³/mol. The van der Waals surface area contributed by atoms with Crippen LogP contribution in [0.25, 0.3) is 0 Å². The van der Waals surface area contributed by atoms with Gasteiger partial charge in [-0.1, -0.05) is 13.8 Å². The average molecular weight is 213 g/mol. The number of carbonyl (C=O) groups excluding carboxylic acids is 1. The first-order chi connectivity index (χ1) is 7.11. The Morgan fingerprint density at radius 1 is 1.40 bits per heavy atom. The fraction of sp³-hybridized carbons (Fsp3) is 0.917. The van der Waals surface area contributed by atoms with Crippen molar-refractivity contribution in [2.75, 3.05) is 0 Å². The summed E-state index contributed by atoms with van der Waals surface area (Å²) in [6.07, 6.45) is 5.75. The lowest BCUT2D eigenvalue weighted by atomic mass is 9.89. The molecule has 1 saturated carbocycles. The molecule has 0 aromatic rings. The maximum Gasteiger partial charge on any atom is 0.307 e. The van der Waals surface area contributed by atoms with Crippen LogP contribution >= 0.6 is 0 Å². The molecular formula is C12H23NO2. The van der Waals surface area contributed by atoms with Gasteiger partial charge in [0.25, 0.3) is 0 Å². The van der Waals surface area contributed by atoms with E-state index in [1.54, 1.807) is 0 Å². The van der Waals surface area contributed by atoms with Gasteiger partial charge < -0.3 is 10.5 Å². The van der Waals surface area contributed by atoms with Gasteiger partial charge in [0.2, 0.25) is 0 Å². The van der Waals surface area contributed by atoms with E-state index in [1.807, 2.05) is 6.92 Å². The third-order valence-electron chi connectivity index (χ3n) is 3.21. The Kier molecular flexibility index (Phi) is 5.09. The van der Waals surface area contributed by atoms with Gasteiger partial charge >= 0.3 is 5.97 Å². The van der Waals surface area contributed by atoms with Crippen molar-refractivity contribution in [1.82, 2.24) is 0 Å². The molecular weight excluding hydrogens is 190 g/mol. The van der Waals surface area contributed by atoms with Crippen molar-refractivity contribution in [3.05, 3.63) is 0 Å². The maximum atomic E-state index is 11.5. The highest BCUT2D eigenvalue weighted by Crippen LogP contribution is 2.25. The third kappa shape index (κ3) is 4.65. The average Bonchev–Trinajstić information content (AvgIpc) is 2.21. The highest BCUT2D eigenvalue weighted by molar-refractivity contribution is 5.70. The number of nitrogens with two attached hydrogens (primary N) is 1. The summed E-state index contributed by atoms with van der Waals surface area (Å²) < 4.78 is 5.39. The first-order valence-corrected chi connectivity index (χ1v) is 6.06. The van der Waals surface area contributed by atoms with Crippen LogP contribution in [0.1, 0.15) is 52.4 Å². The Morgan fingerprint density at radius 3 is 2.53 bits per heavy atom. The summed E-state index contributed by atoms with van der Waals surface area (Å²) in [5, 5.41) is 0. The van der Waals surface area contributed by atoms with Gasteiger partial charge in [0, 0.05) is 6.04 Å². The molecule has 1 fully saturated rings. The van der Waals surface area contributed by atoms with Crippen LogP contribution in [0, 0.1) is 5.92 Å². The second kappa shape index (κ2) is 6.11. The van der Waals surface area contributed by atoms with Gasteiger partial charge in [-0.3, -0.25) is 4.79 Å². The van der Waals surface area contributed by atoms with Gasteiger partial charge in [-0.2, -0.15) is 0 Å². The van der Waals surface area contributed by atoms with E-state index in [2.05, 4.69) is 6.92 Å². The molecule has 0 radical (unpaired) electrons. The van der Waals surface area contributed by atoms with Crippen molar-refractivity contribution >= 4 is 5.97 Å². The molecule has 0 saturated heterocycles. The Morgan fingerprint density at radius 2 is 2.00 bits per heavy atom. The predicted octanol–water partition coefficient (Wildman–Crippen LogP) is 2.24. The standard InChI is InChI=1S/C12H23NO2/c1-3-10(13)8-12(14)15-11-6-4-9(2)5-7-11/h9-11H,3-8,13H2,1-2H3. The number of esters is 1. The van der Waals surface area contributed by atoms with Crippen molar-refractivity contribution in [2.24, 2.45) is 11.7 Å². The molecule has 0 spiro atoms. The molecule has 0 heterocycles. The topological polar surface area (TPSA) is 52.3 Å². The van der Waals surface area contributed by atoms with Crippen molar-refractivity contribution < 1.29 is 9.53 Å². The van der Waals surface area contributed by atoms with E-state index in [1.165, 1.54) is 12.8 Å². The van der Waals surface area contributed by atoms with Gasteiger partial charge in [0.15, 0.2) is 0 Å². The smallest absolute Gasteiger partial charge is 0.307 e. The van der Waals surface area contributed by atoms with Crippen LogP contribution in [0.15, 0.2) is 0 Å². The molecule has 0 bridgehead atoms. The monoisotopic (exact) mass is 213 g/mol. The summed E-state index contributed by atoms with van der Waals surface area (Å²) in [6, 6.07) is -0.0417. The van der Waals surface area contributed by atoms with Crippen molar-refractivity contribution in [3.63, 3.8) is 0 Å². The summed E-state index contributed by atoms with van der Waals surface area (Å²) in [6.45, 7) is 4.24. The molecule has 2 N–H and O–H groups in total. The normalized spacial score (nSPS) is 28.5. The Balaban J connectivity index is 2.20. The number of ether oxygens (including phenoxy) is 1. The zero-order valence-electron chi connectivity index (χ0n) is 9.87. The minimum atomic E-state index is -0.121. The van der Waals surface area contributed by atoms with Crippen LogP contribution in [0.3, 0.4) is 0 Å². The first-order valence-electron chi connectivity index (χ1n) is 6.06. The molecule has 0 aromatic heterocycles. The summed E-state index contributed by atoms with van der Waals surface area (Å²) >= 11 is 0. The molecule has 0 amide bonds. The molecule has 3 nitrogen and oxygen atoms in total. The second-order valence-corrected chi connectivity index (χ2v) is 4.74. The fourth-order valence-electron chi connectivity index (χ4n) is 1.94. The van der Waals surface area contributed by atoms with Crippen LogP contribution in [-0.2, 0) is 9.53 Å². The molecule has 1 aliphatic carbocycles. The van der Waals surface area contributed by atoms with Crippen LogP contribution in [0.5, 0.6) is 0 Å². The maximum absolute atomic E-state index is 11.5. The number of hydrogen-bond acceptors (Lipinski definition) is 3. The van der Waals surface area contributed by atoms with E-state index in [9.17, 15) is 4.79 Å². The Hall–Kier alpha value is -0.570. The molecule has 0 aromatic carbocycles. The summed E-state index contributed by atoms with van der Waals surface area (Å²) in [5.41, 5.74) is 5.70. The fourth-order valence-corrected chi connectivity index (χ4v) is 1.94. The first kappa shape index (κ1) is 12.5. The minimum Gasteiger partial charge on any atom is -0.462 e. The molecule has 88 valence electrons. The second-order valence-electron chi connectivity index (χ2n) is 4.74. The summed E-state index contributed by atoms with van der Waals surface area (Å²) in [4.78, 5) is 11.5. The van der Waals surface area contributed by atoms with Crippen molar-refractivity contribution in [2.45, 2.75) is 64.5 Å². The van der Waals surface area contributed by atoms with E-state index < -0.39 is 0 Å². The van der Waals surface area contributed by atoms with E-state index >= 15 is 0 Å². The Labute approximate surface area is 92.4 Å². The molecule has 3 heteroatoms. The zero-order valence-corrected chi connectivity index (χ0v) is 9.87. The lowest BCUT2D eigenvalue weighted by molar-refractivity contribution is -0.151. The summed E-state index contributed by atoms with van der Waals surface area (Å²) in [5.74, 6) is 0.668. The van der Waals surface area contributed by atoms with Gasteiger partial charge in [-0.25, -0.2) is 0 Å². The lowest BCUT2D eigenvalue weighted by Crippen LogP contribution is -2.28. The van der Waals surface area contributed by atoms with Gasteiger partial charge in [-0.15, -0.1) is 0 Å². The Bertz CT molecular complexity index is 198. The van der Waals surface area contributed by atoms with Gasteiger partial charge in [0.05, 0.1) is 6.42 Å². The number of carbonyl (C=O) groups is 1. The van der Waals surface area contributed by atoms with Crippen LogP contribution in [0.4, 0.5) is 0 Å².